The maximum absolute atomic E-state index is 13.7. The van der Waals surface area contributed by atoms with E-state index in [0.29, 0.717) is 39.4 Å². The van der Waals surface area contributed by atoms with Crippen LogP contribution in [0.4, 0.5) is 4.39 Å². The molecular weight excluding hydrogens is 523 g/mol. The molecule has 0 amide bonds. The quantitative estimate of drug-likeness (QED) is 0.496. The number of halogens is 2. The zero-order chi connectivity index (χ0) is 22.9. The number of aliphatic imine (C=N–C) groups is 1. The van der Waals surface area contributed by atoms with Crippen LogP contribution in [0, 0.1) is 5.82 Å². The average Bonchev–Trinajstić information content (AvgIpc) is 3.48. The number of sulfonamides is 1. The third-order valence-electron chi connectivity index (χ3n) is 4.93. The Morgan fingerprint density at radius 1 is 1.41 bits per heavy atom. The van der Waals surface area contributed by atoms with Crippen LogP contribution in [-0.4, -0.2) is 43.6 Å². The minimum absolute atomic E-state index is 0.129. The molecule has 0 radical (unpaired) electrons. The molecule has 1 fully saturated rings. The molecule has 0 saturated heterocycles. The SMILES string of the molecule is CCOC(=O)C1=C(CNS(=O)(=O)C2CC2)NC(c2nccs2)=NC1c1ccc(F)cc1Br. The molecule has 0 spiro atoms. The van der Waals surface area contributed by atoms with Crippen LogP contribution in [0.3, 0.4) is 0 Å². The van der Waals surface area contributed by atoms with E-state index >= 15 is 0 Å². The summed E-state index contributed by atoms with van der Waals surface area (Å²) in [4.78, 5) is 21.9. The van der Waals surface area contributed by atoms with Gasteiger partial charge in [0.25, 0.3) is 0 Å². The van der Waals surface area contributed by atoms with Gasteiger partial charge in [-0.25, -0.2) is 27.3 Å². The molecule has 8 nitrogen and oxygen atoms in total. The van der Waals surface area contributed by atoms with Gasteiger partial charge in [0.15, 0.2) is 10.8 Å². The van der Waals surface area contributed by atoms with E-state index in [4.69, 9.17) is 4.74 Å². The zero-order valence-electron chi connectivity index (χ0n) is 17.0. The Balaban J connectivity index is 1.80. The number of benzene rings is 1. The van der Waals surface area contributed by atoms with E-state index in [1.54, 1.807) is 18.5 Å². The number of nitrogens with one attached hydrogen (secondary N) is 2. The van der Waals surface area contributed by atoms with Gasteiger partial charge >= 0.3 is 5.97 Å². The fourth-order valence-electron chi connectivity index (χ4n) is 3.25. The van der Waals surface area contributed by atoms with Gasteiger partial charge in [0.05, 0.1) is 24.0 Å². The van der Waals surface area contributed by atoms with Crippen molar-refractivity contribution in [2.24, 2.45) is 4.99 Å². The highest BCUT2D eigenvalue weighted by Crippen LogP contribution is 2.37. The summed E-state index contributed by atoms with van der Waals surface area (Å²) in [7, 11) is -3.50. The van der Waals surface area contributed by atoms with Crippen molar-refractivity contribution in [3.8, 4) is 0 Å². The number of esters is 1. The van der Waals surface area contributed by atoms with Gasteiger partial charge in [-0.1, -0.05) is 22.0 Å². The van der Waals surface area contributed by atoms with Crippen molar-refractivity contribution in [2.45, 2.75) is 31.1 Å². The maximum Gasteiger partial charge on any atom is 0.338 e. The van der Waals surface area contributed by atoms with Crippen molar-refractivity contribution >= 4 is 49.1 Å². The Kier molecular flexibility index (Phi) is 6.75. The molecule has 2 N–H and O–H groups in total. The molecule has 1 aromatic heterocycles. The van der Waals surface area contributed by atoms with Gasteiger partial charge in [-0.05, 0) is 37.5 Å². The topological polar surface area (TPSA) is 110 Å². The van der Waals surface area contributed by atoms with Crippen molar-refractivity contribution < 1.29 is 22.3 Å². The smallest absolute Gasteiger partial charge is 0.338 e. The summed E-state index contributed by atoms with van der Waals surface area (Å²) in [5, 5.41) is 5.01. The third kappa shape index (κ3) is 4.92. The molecular formula is C20H20BrFN4O4S2. The second-order valence-corrected chi connectivity index (χ2v) is 11.0. The van der Waals surface area contributed by atoms with Gasteiger partial charge in [-0.15, -0.1) is 11.3 Å². The van der Waals surface area contributed by atoms with Crippen LogP contribution in [0.2, 0.25) is 0 Å². The number of carbonyl (C=O) groups is 1. The fourth-order valence-corrected chi connectivity index (χ4v) is 5.74. The van der Waals surface area contributed by atoms with E-state index in [0.717, 1.165) is 0 Å². The highest BCUT2D eigenvalue weighted by molar-refractivity contribution is 9.10. The Labute approximate surface area is 197 Å². The first kappa shape index (κ1) is 23.0. The van der Waals surface area contributed by atoms with Gasteiger partial charge < -0.3 is 10.1 Å². The maximum atomic E-state index is 13.7. The normalized spacial score (nSPS) is 18.8. The number of thiazole rings is 1. The first-order valence-corrected chi connectivity index (χ1v) is 13.1. The van der Waals surface area contributed by atoms with Crippen LogP contribution in [0.15, 0.2) is 50.5 Å². The van der Waals surface area contributed by atoms with Gasteiger partial charge in [0, 0.05) is 21.7 Å². The van der Waals surface area contributed by atoms with Gasteiger partial charge in [0.2, 0.25) is 10.0 Å². The Morgan fingerprint density at radius 2 is 2.19 bits per heavy atom. The molecule has 32 heavy (non-hydrogen) atoms. The average molecular weight is 543 g/mol. The molecule has 1 aliphatic carbocycles. The largest absolute Gasteiger partial charge is 0.463 e. The first-order chi connectivity index (χ1) is 15.3. The van der Waals surface area contributed by atoms with Crippen LogP contribution in [0.1, 0.15) is 36.4 Å². The number of nitrogens with zero attached hydrogens (tertiary/aromatic N) is 2. The highest BCUT2D eigenvalue weighted by atomic mass is 79.9. The molecule has 2 aliphatic rings. The van der Waals surface area contributed by atoms with Gasteiger partial charge in [-0.2, -0.15) is 0 Å². The lowest BCUT2D eigenvalue weighted by Crippen LogP contribution is -2.40. The highest BCUT2D eigenvalue weighted by Gasteiger charge is 2.38. The molecule has 12 heteroatoms. The predicted molar refractivity (Wildman–Crippen MR) is 122 cm³/mol. The van der Waals surface area contributed by atoms with E-state index in [1.807, 2.05) is 0 Å². The third-order valence-corrected chi connectivity index (χ3v) is 8.29. The van der Waals surface area contributed by atoms with Crippen LogP contribution in [-0.2, 0) is 19.6 Å². The van der Waals surface area contributed by atoms with Crippen LogP contribution in [0.5, 0.6) is 0 Å². The standard InChI is InChI=1S/C20H20BrFN4O4S2/c1-2-30-20(27)16-15(10-24-32(28,29)12-4-5-12)25-18(19-23-7-8-31-19)26-17(16)13-6-3-11(22)9-14(13)21/h3,6-9,12,17,24H,2,4-5,10H2,1H3,(H,25,26). The van der Waals surface area contributed by atoms with E-state index < -0.39 is 33.1 Å². The number of rotatable bonds is 8. The fraction of sp³-hybridized carbons (Fsp3) is 0.350. The number of amidine groups is 1. The van der Waals surface area contributed by atoms with Gasteiger partial charge in [0.1, 0.15) is 11.9 Å². The minimum atomic E-state index is -3.50. The van der Waals surface area contributed by atoms with E-state index in [2.05, 4.69) is 35.9 Å². The Bertz CT molecular complexity index is 1190. The first-order valence-electron chi connectivity index (χ1n) is 9.88. The summed E-state index contributed by atoms with van der Waals surface area (Å²) in [6.07, 6.45) is 2.85. The molecule has 0 bridgehead atoms. The Hall–Kier alpha value is -2.15. The molecule has 2 heterocycles. The number of hydrogen-bond acceptors (Lipinski definition) is 8. The lowest BCUT2D eigenvalue weighted by atomic mass is 9.95. The summed E-state index contributed by atoms with van der Waals surface area (Å²) in [5.41, 5.74) is 1.000. The van der Waals surface area contributed by atoms with Crippen molar-refractivity contribution in [3.63, 3.8) is 0 Å². The molecule has 4 rings (SSSR count). The van der Waals surface area contributed by atoms with Gasteiger partial charge in [-0.3, -0.25) is 4.99 Å². The molecule has 1 aromatic carbocycles. The lowest BCUT2D eigenvalue weighted by Gasteiger charge is -2.27. The van der Waals surface area contributed by atoms with E-state index in [1.165, 1.54) is 29.5 Å². The summed E-state index contributed by atoms with van der Waals surface area (Å²) in [5.74, 6) is -0.698. The lowest BCUT2D eigenvalue weighted by molar-refractivity contribution is -0.139. The van der Waals surface area contributed by atoms with Crippen molar-refractivity contribution in [1.29, 1.82) is 0 Å². The Morgan fingerprint density at radius 3 is 2.81 bits per heavy atom. The molecule has 1 aliphatic heterocycles. The van der Waals surface area contributed by atoms with Crippen LogP contribution < -0.4 is 10.0 Å². The van der Waals surface area contributed by atoms with E-state index in [-0.39, 0.29) is 18.7 Å². The summed E-state index contributed by atoms with van der Waals surface area (Å²) < 4.78 is 46.8. The summed E-state index contributed by atoms with van der Waals surface area (Å²) >= 11 is 4.70. The molecule has 1 atom stereocenters. The van der Waals surface area contributed by atoms with E-state index in [9.17, 15) is 17.6 Å². The van der Waals surface area contributed by atoms with Crippen molar-refractivity contribution in [2.75, 3.05) is 13.2 Å². The molecule has 2 aromatic rings. The molecule has 170 valence electrons. The molecule has 1 unspecified atom stereocenters. The van der Waals surface area contributed by atoms with Crippen LogP contribution >= 0.6 is 27.3 Å². The predicted octanol–water partition coefficient (Wildman–Crippen LogP) is 3.03. The summed E-state index contributed by atoms with van der Waals surface area (Å²) in [6, 6.07) is 3.24. The van der Waals surface area contributed by atoms with Crippen molar-refractivity contribution in [3.05, 3.63) is 61.9 Å². The van der Waals surface area contributed by atoms with Crippen molar-refractivity contribution in [1.82, 2.24) is 15.0 Å². The molecule has 1 saturated carbocycles. The number of hydrogen-bond donors (Lipinski definition) is 2. The minimum Gasteiger partial charge on any atom is -0.463 e. The second kappa shape index (κ2) is 9.38. The second-order valence-electron chi connectivity index (χ2n) is 7.19. The number of carbonyl (C=O) groups excluding carboxylic acids is 1. The number of ether oxygens (including phenoxy) is 1. The number of aromatic nitrogens is 1. The monoisotopic (exact) mass is 542 g/mol. The zero-order valence-corrected chi connectivity index (χ0v) is 20.2. The summed E-state index contributed by atoms with van der Waals surface area (Å²) in [6.45, 7) is 1.66. The van der Waals surface area contributed by atoms with Crippen LogP contribution in [0.25, 0.3) is 0 Å².